The van der Waals surface area contributed by atoms with Crippen LogP contribution in [0.3, 0.4) is 0 Å². The van der Waals surface area contributed by atoms with Gasteiger partial charge in [-0.25, -0.2) is 0 Å². The van der Waals surface area contributed by atoms with Crippen LogP contribution in [0.5, 0.6) is 0 Å². The van der Waals surface area contributed by atoms with Crippen LogP contribution >= 0.6 is 92.8 Å². The third kappa shape index (κ3) is 1.28. The molecule has 3 aliphatic rings. The highest BCUT2D eigenvalue weighted by atomic mass is 35.5. The van der Waals surface area contributed by atoms with E-state index >= 15 is 0 Å². The molecule has 2 saturated carbocycles. The molecule has 0 spiro atoms. The molecule has 0 aromatic carbocycles. The molecule has 0 aliphatic heterocycles. The van der Waals surface area contributed by atoms with Crippen molar-refractivity contribution < 1.29 is 0 Å². The van der Waals surface area contributed by atoms with Crippen LogP contribution in [0.2, 0.25) is 0 Å². The number of alkyl halides is 7. The van der Waals surface area contributed by atoms with Gasteiger partial charge in [0.1, 0.15) is 9.75 Å². The van der Waals surface area contributed by atoms with Gasteiger partial charge < -0.3 is 0 Å². The maximum absolute atomic E-state index is 6.70. The van der Waals surface area contributed by atoms with E-state index in [2.05, 4.69) is 0 Å². The Morgan fingerprint density at radius 1 is 1.06 bits per heavy atom. The average molecular weight is 410 g/mol. The van der Waals surface area contributed by atoms with Gasteiger partial charge in [-0.05, 0) is 12.3 Å². The largest absolute Gasteiger partial charge is 0.173 e. The second kappa shape index (κ2) is 3.87. The summed E-state index contributed by atoms with van der Waals surface area (Å²) in [7, 11) is 0. The lowest BCUT2D eigenvalue weighted by Crippen LogP contribution is -2.57. The van der Waals surface area contributed by atoms with E-state index in [9.17, 15) is 0 Å². The van der Waals surface area contributed by atoms with Crippen LogP contribution in [0.25, 0.3) is 0 Å². The van der Waals surface area contributed by atoms with Crippen LogP contribution < -0.4 is 0 Å². The zero-order chi connectivity index (χ0) is 13.7. The standard InChI is InChI=1S/C10H6Cl8/c11-4-1-3-2-7(4,13)8(14)5(3)6(12)9(15,16)10(8,17)18/h1,3,5-6H,2H2. The molecule has 18 heavy (non-hydrogen) atoms. The van der Waals surface area contributed by atoms with Crippen molar-refractivity contribution in [3.63, 3.8) is 0 Å². The maximum atomic E-state index is 6.70. The van der Waals surface area contributed by atoms with E-state index < -0.39 is 23.8 Å². The highest BCUT2D eigenvalue weighted by molar-refractivity contribution is 6.69. The van der Waals surface area contributed by atoms with Crippen LogP contribution in [0, 0.1) is 11.8 Å². The number of allylic oxidation sites excluding steroid dienone is 2. The Morgan fingerprint density at radius 3 is 2.17 bits per heavy atom. The summed E-state index contributed by atoms with van der Waals surface area (Å²) in [5.41, 5.74) is 0. The Kier molecular flexibility index (Phi) is 3.22. The smallest absolute Gasteiger partial charge is 0.119 e. The summed E-state index contributed by atoms with van der Waals surface area (Å²) in [6, 6.07) is 0. The zero-order valence-electron chi connectivity index (χ0n) is 8.54. The van der Waals surface area contributed by atoms with Gasteiger partial charge in [-0.1, -0.05) is 64.1 Å². The molecule has 0 amide bonds. The van der Waals surface area contributed by atoms with E-state index in [0.717, 1.165) is 0 Å². The predicted octanol–water partition coefficient (Wildman–Crippen LogP) is 5.68. The molecule has 8 heteroatoms. The van der Waals surface area contributed by atoms with Crippen molar-refractivity contribution in [2.24, 2.45) is 11.8 Å². The van der Waals surface area contributed by atoms with Crippen molar-refractivity contribution in [1.29, 1.82) is 0 Å². The molecule has 0 aromatic rings. The quantitative estimate of drug-likeness (QED) is 0.451. The molecular formula is C10H6Cl8. The van der Waals surface area contributed by atoms with Crippen molar-refractivity contribution in [3.05, 3.63) is 11.1 Å². The molecule has 0 aromatic heterocycles. The SMILES string of the molecule is ClC1=CC2CC1(Cl)C1(Cl)C2C(Cl)C(Cl)(Cl)C1(Cl)Cl. The minimum Gasteiger partial charge on any atom is -0.119 e. The normalized spacial score (nSPS) is 55.6. The summed E-state index contributed by atoms with van der Waals surface area (Å²) in [4.78, 5) is -2.37. The Labute approximate surface area is 145 Å². The highest BCUT2D eigenvalue weighted by Crippen LogP contribution is 2.78. The summed E-state index contributed by atoms with van der Waals surface area (Å²) < 4.78 is -3.30. The Bertz CT molecular complexity index is 457. The molecule has 0 radical (unpaired) electrons. The van der Waals surface area contributed by atoms with Gasteiger partial charge in [-0.2, -0.15) is 0 Å². The van der Waals surface area contributed by atoms with Crippen LogP contribution in [-0.2, 0) is 0 Å². The van der Waals surface area contributed by atoms with Crippen LogP contribution in [0.1, 0.15) is 6.42 Å². The van der Waals surface area contributed by atoms with Gasteiger partial charge in [0.25, 0.3) is 0 Å². The third-order valence-electron chi connectivity index (χ3n) is 4.29. The van der Waals surface area contributed by atoms with E-state index in [1.165, 1.54) is 0 Å². The molecule has 102 valence electrons. The number of hydrogen-bond donors (Lipinski definition) is 0. The second-order valence-electron chi connectivity index (χ2n) is 5.02. The topological polar surface area (TPSA) is 0 Å². The fourth-order valence-corrected chi connectivity index (χ4v) is 7.28. The molecule has 0 nitrogen and oxygen atoms in total. The van der Waals surface area contributed by atoms with Gasteiger partial charge in [0, 0.05) is 11.0 Å². The van der Waals surface area contributed by atoms with E-state index in [1.54, 1.807) is 0 Å². The lowest BCUT2D eigenvalue weighted by molar-refractivity contribution is 0.399. The van der Waals surface area contributed by atoms with Crippen molar-refractivity contribution in [2.75, 3.05) is 0 Å². The van der Waals surface area contributed by atoms with Crippen LogP contribution in [0.4, 0.5) is 0 Å². The van der Waals surface area contributed by atoms with E-state index in [1.807, 2.05) is 6.08 Å². The average Bonchev–Trinajstić information content (AvgIpc) is 2.68. The van der Waals surface area contributed by atoms with Gasteiger partial charge >= 0.3 is 0 Å². The number of hydrogen-bond acceptors (Lipinski definition) is 0. The van der Waals surface area contributed by atoms with Crippen molar-refractivity contribution >= 4 is 92.8 Å². The van der Waals surface area contributed by atoms with E-state index in [0.29, 0.717) is 11.5 Å². The van der Waals surface area contributed by atoms with Gasteiger partial charge in [-0.3, -0.25) is 0 Å². The molecule has 3 aliphatic carbocycles. The first kappa shape index (κ1) is 15.0. The lowest BCUT2D eigenvalue weighted by atomic mass is 9.84. The van der Waals surface area contributed by atoms with E-state index in [-0.39, 0.29) is 11.8 Å². The molecule has 3 rings (SSSR count). The Morgan fingerprint density at radius 2 is 1.61 bits per heavy atom. The molecule has 2 bridgehead atoms. The Balaban J connectivity index is 2.26. The molecule has 2 fully saturated rings. The fourth-order valence-electron chi connectivity index (χ4n) is 3.43. The lowest BCUT2D eigenvalue weighted by Gasteiger charge is -2.45. The summed E-state index contributed by atoms with van der Waals surface area (Å²) in [6.07, 6.45) is 2.38. The Hall–Kier alpha value is 2.06. The maximum Gasteiger partial charge on any atom is 0.173 e. The summed E-state index contributed by atoms with van der Waals surface area (Å²) in [5.74, 6) is -0.350. The predicted molar refractivity (Wildman–Crippen MR) is 81.2 cm³/mol. The van der Waals surface area contributed by atoms with Crippen molar-refractivity contribution in [3.8, 4) is 0 Å². The first-order valence-electron chi connectivity index (χ1n) is 5.17. The van der Waals surface area contributed by atoms with Gasteiger partial charge in [0.05, 0.1) is 5.38 Å². The van der Waals surface area contributed by atoms with E-state index in [4.69, 9.17) is 92.8 Å². The first-order valence-corrected chi connectivity index (χ1v) is 8.25. The summed E-state index contributed by atoms with van der Waals surface area (Å²) in [5, 5.41) is -0.277. The van der Waals surface area contributed by atoms with Gasteiger partial charge in [0.15, 0.2) is 8.67 Å². The zero-order valence-corrected chi connectivity index (χ0v) is 14.6. The summed E-state index contributed by atoms with van der Waals surface area (Å²) >= 11 is 51.0. The summed E-state index contributed by atoms with van der Waals surface area (Å²) in [6.45, 7) is 0. The number of fused-ring (bicyclic) bond motifs is 5. The second-order valence-corrected chi connectivity index (χ2v) is 9.85. The molecule has 0 N–H and O–H groups in total. The number of halogens is 8. The van der Waals surface area contributed by atoms with Crippen LogP contribution in [0.15, 0.2) is 11.1 Å². The first-order chi connectivity index (χ1) is 8.02. The fraction of sp³-hybridized carbons (Fsp3) is 0.800. The molecule has 5 unspecified atom stereocenters. The molecule has 5 atom stereocenters. The minimum atomic E-state index is -1.70. The molecule has 0 heterocycles. The molecule has 0 saturated heterocycles. The number of rotatable bonds is 0. The molecular weight excluding hydrogens is 404 g/mol. The van der Waals surface area contributed by atoms with Gasteiger partial charge in [-0.15, -0.1) is 34.8 Å². The monoisotopic (exact) mass is 406 g/mol. The van der Waals surface area contributed by atoms with Crippen molar-refractivity contribution in [1.82, 2.24) is 0 Å². The highest BCUT2D eigenvalue weighted by Gasteiger charge is 2.85. The van der Waals surface area contributed by atoms with Gasteiger partial charge in [0.2, 0.25) is 0 Å². The third-order valence-corrected chi connectivity index (χ3v) is 10.1. The minimum absolute atomic E-state index is 0.0220. The van der Waals surface area contributed by atoms with Crippen molar-refractivity contribution in [2.45, 2.75) is 30.2 Å². The van der Waals surface area contributed by atoms with Crippen LogP contribution in [-0.4, -0.2) is 23.8 Å².